The van der Waals surface area contributed by atoms with E-state index in [-0.39, 0.29) is 0 Å². The lowest BCUT2D eigenvalue weighted by molar-refractivity contribution is -0.136. The minimum Gasteiger partial charge on any atom is -0.497 e. The summed E-state index contributed by atoms with van der Waals surface area (Å²) in [7, 11) is 1.52. The monoisotopic (exact) mass is 231 g/mol. The van der Waals surface area contributed by atoms with Crippen molar-refractivity contribution in [1.82, 2.24) is 0 Å². The molecule has 2 nitrogen and oxygen atoms in total. The van der Waals surface area contributed by atoms with Gasteiger partial charge in [0, 0.05) is 0 Å². The van der Waals surface area contributed by atoms with Crippen molar-refractivity contribution in [1.29, 1.82) is 0 Å². The molecule has 0 heterocycles. The van der Waals surface area contributed by atoms with Crippen LogP contribution in [0.2, 0.25) is 0 Å². The zero-order valence-electron chi connectivity index (χ0n) is 8.66. The minimum absolute atomic E-state index is 0.639. The Kier molecular flexibility index (Phi) is 3.95. The van der Waals surface area contributed by atoms with Crippen LogP contribution < -0.4 is 10.5 Å². The molecule has 0 aromatic heterocycles. The van der Waals surface area contributed by atoms with Crippen molar-refractivity contribution in [3.05, 3.63) is 35.9 Å². The third-order valence-corrected chi connectivity index (χ3v) is 1.99. The molecule has 0 unspecified atom stereocenters. The van der Waals surface area contributed by atoms with Crippen molar-refractivity contribution in [3.63, 3.8) is 0 Å². The van der Waals surface area contributed by atoms with Crippen LogP contribution in [0.5, 0.6) is 5.75 Å². The largest absolute Gasteiger partial charge is 0.497 e. The van der Waals surface area contributed by atoms with Crippen LogP contribution in [0.15, 0.2) is 30.3 Å². The van der Waals surface area contributed by atoms with Gasteiger partial charge in [0.2, 0.25) is 0 Å². The molecule has 1 rings (SSSR count). The normalized spacial score (nSPS) is 14.1. The van der Waals surface area contributed by atoms with Gasteiger partial charge in [0.25, 0.3) is 0 Å². The van der Waals surface area contributed by atoms with Gasteiger partial charge >= 0.3 is 6.18 Å². The summed E-state index contributed by atoms with van der Waals surface area (Å²) < 4.78 is 41.1. The summed E-state index contributed by atoms with van der Waals surface area (Å²) in [5.74, 6) is 0.650. The molecule has 0 spiro atoms. The van der Waals surface area contributed by atoms with Crippen LogP contribution in [0.25, 0.3) is 6.08 Å². The van der Waals surface area contributed by atoms with Gasteiger partial charge in [-0.05, 0) is 17.7 Å². The predicted molar refractivity (Wildman–Crippen MR) is 56.1 cm³/mol. The van der Waals surface area contributed by atoms with Crippen molar-refractivity contribution >= 4 is 6.08 Å². The van der Waals surface area contributed by atoms with E-state index in [1.54, 1.807) is 24.3 Å². The molecule has 0 amide bonds. The number of halogens is 3. The summed E-state index contributed by atoms with van der Waals surface area (Å²) >= 11 is 0. The van der Waals surface area contributed by atoms with Gasteiger partial charge in [0.05, 0.1) is 7.11 Å². The van der Waals surface area contributed by atoms with Gasteiger partial charge in [0.1, 0.15) is 11.8 Å². The molecule has 0 saturated heterocycles. The average Bonchev–Trinajstić information content (AvgIpc) is 2.25. The molecule has 1 aromatic rings. The Morgan fingerprint density at radius 3 is 2.25 bits per heavy atom. The molecule has 0 aliphatic rings. The van der Waals surface area contributed by atoms with E-state index in [0.29, 0.717) is 11.3 Å². The maximum Gasteiger partial charge on any atom is 0.407 e. The molecule has 0 bridgehead atoms. The summed E-state index contributed by atoms with van der Waals surface area (Å²) in [5.41, 5.74) is 5.56. The van der Waals surface area contributed by atoms with Gasteiger partial charge in [-0.1, -0.05) is 24.3 Å². The third kappa shape index (κ3) is 3.58. The lowest BCUT2D eigenvalue weighted by atomic mass is 10.1. The summed E-state index contributed by atoms with van der Waals surface area (Å²) in [6.45, 7) is 0. The highest BCUT2D eigenvalue weighted by Gasteiger charge is 2.34. The van der Waals surface area contributed by atoms with Crippen LogP contribution >= 0.6 is 0 Å². The second-order valence-electron chi connectivity index (χ2n) is 3.20. The lowest BCUT2D eigenvalue weighted by Crippen LogP contribution is -2.35. The smallest absolute Gasteiger partial charge is 0.407 e. The standard InChI is InChI=1S/C11H12F3NO/c1-16-9-5-2-8(3-6-9)4-7-10(15)11(12,13)14/h2-7,10H,15H2,1H3/t10-/m0/s1. The van der Waals surface area contributed by atoms with Crippen molar-refractivity contribution < 1.29 is 17.9 Å². The number of hydrogen-bond donors (Lipinski definition) is 1. The van der Waals surface area contributed by atoms with Crippen molar-refractivity contribution in [2.75, 3.05) is 7.11 Å². The van der Waals surface area contributed by atoms with Crippen molar-refractivity contribution in [2.45, 2.75) is 12.2 Å². The Bertz CT molecular complexity index is 356. The van der Waals surface area contributed by atoms with Crippen LogP contribution in [-0.4, -0.2) is 19.3 Å². The summed E-state index contributed by atoms with van der Waals surface area (Å²) in [6, 6.07) is 4.70. The van der Waals surface area contributed by atoms with Crippen LogP contribution in [0, 0.1) is 0 Å². The van der Waals surface area contributed by atoms with Gasteiger partial charge in [0.15, 0.2) is 0 Å². The molecule has 1 aromatic carbocycles. The Balaban J connectivity index is 2.69. The van der Waals surface area contributed by atoms with Gasteiger partial charge in [-0.2, -0.15) is 13.2 Å². The molecule has 16 heavy (non-hydrogen) atoms. The van der Waals surface area contributed by atoms with E-state index in [1.807, 2.05) is 0 Å². The van der Waals surface area contributed by atoms with Crippen LogP contribution in [-0.2, 0) is 0 Å². The predicted octanol–water partition coefficient (Wildman–Crippen LogP) is 2.60. The van der Waals surface area contributed by atoms with E-state index in [9.17, 15) is 13.2 Å². The average molecular weight is 231 g/mol. The van der Waals surface area contributed by atoms with E-state index in [1.165, 1.54) is 13.2 Å². The summed E-state index contributed by atoms with van der Waals surface area (Å²) in [6.07, 6.45) is -2.15. The maximum absolute atomic E-state index is 12.1. The SMILES string of the molecule is COc1ccc(C=C[C@H](N)C(F)(F)F)cc1. The first-order chi connectivity index (χ1) is 7.43. The van der Waals surface area contributed by atoms with Crippen LogP contribution in [0.4, 0.5) is 13.2 Å². The molecule has 88 valence electrons. The summed E-state index contributed by atoms with van der Waals surface area (Å²) in [4.78, 5) is 0. The molecule has 0 aliphatic heterocycles. The Morgan fingerprint density at radius 2 is 1.81 bits per heavy atom. The zero-order chi connectivity index (χ0) is 12.2. The topological polar surface area (TPSA) is 35.2 Å². The highest BCUT2D eigenvalue weighted by molar-refractivity contribution is 5.51. The fraction of sp³-hybridized carbons (Fsp3) is 0.273. The number of rotatable bonds is 3. The Labute approximate surface area is 91.5 Å². The molecule has 5 heteroatoms. The fourth-order valence-electron chi connectivity index (χ4n) is 1.04. The first-order valence-corrected chi connectivity index (χ1v) is 4.58. The van der Waals surface area contributed by atoms with Gasteiger partial charge < -0.3 is 10.5 Å². The van der Waals surface area contributed by atoms with E-state index < -0.39 is 12.2 Å². The summed E-state index contributed by atoms with van der Waals surface area (Å²) in [5, 5.41) is 0. The fourth-order valence-corrected chi connectivity index (χ4v) is 1.04. The number of hydrogen-bond acceptors (Lipinski definition) is 2. The second kappa shape index (κ2) is 5.03. The molecular weight excluding hydrogens is 219 g/mol. The van der Waals surface area contributed by atoms with Gasteiger partial charge in [-0.15, -0.1) is 0 Å². The molecule has 0 fully saturated rings. The van der Waals surface area contributed by atoms with Crippen molar-refractivity contribution in [3.8, 4) is 5.75 Å². The zero-order valence-corrected chi connectivity index (χ0v) is 8.66. The van der Waals surface area contributed by atoms with Crippen LogP contribution in [0.3, 0.4) is 0 Å². The number of methoxy groups -OCH3 is 1. The van der Waals surface area contributed by atoms with E-state index >= 15 is 0 Å². The Morgan fingerprint density at radius 1 is 1.25 bits per heavy atom. The molecule has 0 radical (unpaired) electrons. The number of benzene rings is 1. The Hall–Kier alpha value is -1.49. The molecular formula is C11H12F3NO. The van der Waals surface area contributed by atoms with E-state index in [4.69, 9.17) is 10.5 Å². The number of ether oxygens (including phenoxy) is 1. The van der Waals surface area contributed by atoms with Gasteiger partial charge in [-0.25, -0.2) is 0 Å². The maximum atomic E-state index is 12.1. The van der Waals surface area contributed by atoms with Crippen molar-refractivity contribution in [2.24, 2.45) is 5.73 Å². The van der Waals surface area contributed by atoms with E-state index in [0.717, 1.165) is 6.08 Å². The minimum atomic E-state index is -4.40. The number of nitrogens with two attached hydrogens (primary N) is 1. The highest BCUT2D eigenvalue weighted by Crippen LogP contribution is 2.20. The first-order valence-electron chi connectivity index (χ1n) is 4.58. The van der Waals surface area contributed by atoms with Crippen LogP contribution in [0.1, 0.15) is 5.56 Å². The van der Waals surface area contributed by atoms with Gasteiger partial charge in [-0.3, -0.25) is 0 Å². The van der Waals surface area contributed by atoms with E-state index in [2.05, 4.69) is 0 Å². The quantitative estimate of drug-likeness (QED) is 0.867. The highest BCUT2D eigenvalue weighted by atomic mass is 19.4. The third-order valence-electron chi connectivity index (χ3n) is 1.99. The molecule has 0 aliphatic carbocycles. The molecule has 2 N–H and O–H groups in total. The number of alkyl halides is 3. The molecule has 0 saturated carbocycles. The first kappa shape index (κ1) is 12.6. The second-order valence-corrected chi connectivity index (χ2v) is 3.20. The lowest BCUT2D eigenvalue weighted by Gasteiger charge is -2.10. The molecule has 1 atom stereocenters.